The van der Waals surface area contributed by atoms with E-state index in [1.165, 1.54) is 17.3 Å². The fourth-order valence-electron chi connectivity index (χ4n) is 3.37. The van der Waals surface area contributed by atoms with Crippen molar-refractivity contribution >= 4 is 23.4 Å². The van der Waals surface area contributed by atoms with Crippen molar-refractivity contribution in [3.8, 4) is 0 Å². The largest absolute Gasteiger partial charge is 0.376 e. The van der Waals surface area contributed by atoms with E-state index in [1.54, 1.807) is 4.57 Å². The minimum Gasteiger partial charge on any atom is -0.376 e. The van der Waals surface area contributed by atoms with Crippen LogP contribution >= 0.6 is 11.8 Å². The second kappa shape index (κ2) is 7.05. The lowest BCUT2D eigenvalue weighted by molar-refractivity contribution is -0.116. The molecule has 0 saturated carbocycles. The van der Waals surface area contributed by atoms with Gasteiger partial charge in [-0.15, -0.1) is 5.10 Å². The van der Waals surface area contributed by atoms with Gasteiger partial charge in [-0.1, -0.05) is 30.0 Å². The lowest BCUT2D eigenvalue weighted by Crippen LogP contribution is -2.31. The quantitative estimate of drug-likeness (QED) is 0.816. The molecule has 2 aliphatic heterocycles. The number of benzene rings is 1. The highest BCUT2D eigenvalue weighted by Crippen LogP contribution is 2.28. The first-order chi connectivity index (χ1) is 12.2. The minimum atomic E-state index is -0.253. The summed E-state index contributed by atoms with van der Waals surface area (Å²) in [5, 5.41) is 7.08. The molecule has 1 atom stereocenters. The third-order valence-corrected chi connectivity index (χ3v) is 5.61. The van der Waals surface area contributed by atoms with Crippen molar-refractivity contribution in [2.45, 2.75) is 37.1 Å². The number of aromatic amines is 1. The van der Waals surface area contributed by atoms with Gasteiger partial charge in [-0.05, 0) is 30.9 Å². The van der Waals surface area contributed by atoms with Crippen LogP contribution in [0.2, 0.25) is 0 Å². The summed E-state index contributed by atoms with van der Waals surface area (Å²) in [6.45, 7) is 1.94. The van der Waals surface area contributed by atoms with E-state index in [4.69, 9.17) is 4.74 Å². The second-order valence-corrected chi connectivity index (χ2v) is 7.21. The number of anilines is 1. The van der Waals surface area contributed by atoms with Crippen LogP contribution in [0.25, 0.3) is 0 Å². The fraction of sp³-hybridized carbons (Fsp3) is 0.471. The number of hydrogen-bond donors (Lipinski definition) is 1. The zero-order valence-corrected chi connectivity index (χ0v) is 14.6. The van der Waals surface area contributed by atoms with Crippen molar-refractivity contribution in [3.63, 3.8) is 0 Å². The number of carbonyl (C=O) groups excluding carboxylic acids is 1. The van der Waals surface area contributed by atoms with E-state index in [2.05, 4.69) is 16.3 Å². The molecule has 25 heavy (non-hydrogen) atoms. The molecule has 132 valence electrons. The number of rotatable bonds is 5. The smallest absolute Gasteiger partial charge is 0.344 e. The molecule has 7 nitrogen and oxygen atoms in total. The molecule has 1 aromatic heterocycles. The Morgan fingerprint density at radius 2 is 2.28 bits per heavy atom. The highest BCUT2D eigenvalue weighted by atomic mass is 32.2. The molecular weight excluding hydrogens is 340 g/mol. The van der Waals surface area contributed by atoms with Gasteiger partial charge in [-0.2, -0.15) is 0 Å². The van der Waals surface area contributed by atoms with E-state index in [-0.39, 0.29) is 23.5 Å². The number of aromatic nitrogens is 3. The van der Waals surface area contributed by atoms with Crippen LogP contribution in [-0.2, 0) is 22.5 Å². The number of thioether (sulfide) groups is 1. The van der Waals surface area contributed by atoms with Crippen LogP contribution in [0.5, 0.6) is 0 Å². The second-order valence-electron chi connectivity index (χ2n) is 6.27. The highest BCUT2D eigenvalue weighted by Gasteiger charge is 2.25. The van der Waals surface area contributed by atoms with Gasteiger partial charge in [0.05, 0.1) is 18.4 Å². The maximum Gasteiger partial charge on any atom is 0.344 e. The molecule has 3 heterocycles. The summed E-state index contributed by atoms with van der Waals surface area (Å²) in [7, 11) is 0. The maximum absolute atomic E-state index is 12.6. The molecule has 1 saturated heterocycles. The fourth-order valence-corrected chi connectivity index (χ4v) is 4.20. The summed E-state index contributed by atoms with van der Waals surface area (Å²) < 4.78 is 7.17. The van der Waals surface area contributed by atoms with Crippen molar-refractivity contribution in [2.75, 3.05) is 23.8 Å². The van der Waals surface area contributed by atoms with Crippen LogP contribution in [0.1, 0.15) is 18.4 Å². The predicted molar refractivity (Wildman–Crippen MR) is 95.0 cm³/mol. The maximum atomic E-state index is 12.6. The van der Waals surface area contributed by atoms with Crippen molar-refractivity contribution in [1.82, 2.24) is 14.8 Å². The molecule has 0 aliphatic carbocycles. The van der Waals surface area contributed by atoms with Gasteiger partial charge < -0.3 is 9.64 Å². The van der Waals surface area contributed by atoms with Crippen molar-refractivity contribution in [3.05, 3.63) is 40.3 Å². The highest BCUT2D eigenvalue weighted by molar-refractivity contribution is 7.99. The van der Waals surface area contributed by atoms with Gasteiger partial charge in [0.25, 0.3) is 0 Å². The Bertz CT molecular complexity index is 825. The van der Waals surface area contributed by atoms with E-state index in [0.717, 1.165) is 31.6 Å². The molecule has 1 amide bonds. The van der Waals surface area contributed by atoms with Crippen LogP contribution < -0.4 is 10.6 Å². The Morgan fingerprint density at radius 3 is 3.12 bits per heavy atom. The van der Waals surface area contributed by atoms with Crippen LogP contribution in [0.3, 0.4) is 0 Å². The first-order valence-electron chi connectivity index (χ1n) is 8.50. The number of amides is 1. The number of hydrogen-bond acceptors (Lipinski definition) is 5. The zero-order valence-electron chi connectivity index (χ0n) is 13.8. The lowest BCUT2D eigenvalue weighted by Gasteiger charge is -2.17. The Morgan fingerprint density at radius 1 is 1.40 bits per heavy atom. The van der Waals surface area contributed by atoms with Crippen LogP contribution in [0.15, 0.2) is 34.2 Å². The molecular formula is C17H20N4O3S. The first-order valence-corrected chi connectivity index (χ1v) is 9.49. The summed E-state index contributed by atoms with van der Waals surface area (Å²) >= 11 is 1.29. The number of fused-ring (bicyclic) bond motifs is 1. The number of carbonyl (C=O) groups is 1. The summed E-state index contributed by atoms with van der Waals surface area (Å²) in [5.74, 6) is 0.290. The monoisotopic (exact) mass is 360 g/mol. The number of nitrogens with zero attached hydrogens (tertiary/aromatic N) is 3. The molecule has 0 spiro atoms. The van der Waals surface area contributed by atoms with Gasteiger partial charge in [-0.3, -0.25) is 9.36 Å². The summed E-state index contributed by atoms with van der Waals surface area (Å²) in [5.41, 5.74) is 1.94. The predicted octanol–water partition coefficient (Wildman–Crippen LogP) is 1.43. The topological polar surface area (TPSA) is 80.2 Å². The van der Waals surface area contributed by atoms with Gasteiger partial charge in [0.2, 0.25) is 5.91 Å². The molecule has 1 aromatic carbocycles. The summed E-state index contributed by atoms with van der Waals surface area (Å²) in [6.07, 6.45) is 2.91. The van der Waals surface area contributed by atoms with Crippen LogP contribution in [0, 0.1) is 0 Å². The van der Waals surface area contributed by atoms with E-state index in [9.17, 15) is 9.59 Å². The summed E-state index contributed by atoms with van der Waals surface area (Å²) in [6, 6.07) is 7.98. The average Bonchev–Trinajstić information content (AvgIpc) is 3.35. The molecule has 4 rings (SSSR count). The minimum absolute atomic E-state index is 0.0362. The van der Waals surface area contributed by atoms with Gasteiger partial charge in [0, 0.05) is 18.8 Å². The Hall–Kier alpha value is -2.06. The standard InChI is InChI=1S/C17H20N4O3S/c22-15(20-8-7-12-4-1-2-6-14(12)20)11-25-17-19-18-16(23)21(17)10-13-5-3-9-24-13/h1-2,4,6,13H,3,5,7-11H2,(H,18,23). The van der Waals surface area contributed by atoms with Crippen LogP contribution in [0.4, 0.5) is 5.69 Å². The number of para-hydroxylation sites is 1. The lowest BCUT2D eigenvalue weighted by atomic mass is 10.2. The Kier molecular flexibility index (Phi) is 4.63. The molecule has 2 aromatic rings. The molecule has 2 aliphatic rings. The van der Waals surface area contributed by atoms with Crippen LogP contribution in [-0.4, -0.2) is 45.7 Å². The zero-order chi connectivity index (χ0) is 17.2. The summed E-state index contributed by atoms with van der Waals surface area (Å²) in [4.78, 5) is 26.4. The number of H-pyrrole nitrogens is 1. The third kappa shape index (κ3) is 3.36. The van der Waals surface area contributed by atoms with E-state index in [1.807, 2.05) is 23.1 Å². The SMILES string of the molecule is O=C(CSc1n[nH]c(=O)n1CC1CCCO1)N1CCc2ccccc21. The molecule has 1 N–H and O–H groups in total. The van der Waals surface area contributed by atoms with Gasteiger partial charge in [-0.25, -0.2) is 9.89 Å². The van der Waals surface area contributed by atoms with Crippen molar-refractivity contribution < 1.29 is 9.53 Å². The Balaban J connectivity index is 1.42. The number of nitrogens with one attached hydrogen (secondary N) is 1. The van der Waals surface area contributed by atoms with Gasteiger partial charge in [0.15, 0.2) is 5.16 Å². The van der Waals surface area contributed by atoms with Crippen molar-refractivity contribution in [2.24, 2.45) is 0 Å². The van der Waals surface area contributed by atoms with Crippen molar-refractivity contribution in [1.29, 1.82) is 0 Å². The Labute approximate surface area is 149 Å². The normalized spacial score (nSPS) is 19.4. The van der Waals surface area contributed by atoms with E-state index >= 15 is 0 Å². The average molecular weight is 360 g/mol. The number of ether oxygens (including phenoxy) is 1. The van der Waals surface area contributed by atoms with Gasteiger partial charge in [0.1, 0.15) is 0 Å². The molecule has 8 heteroatoms. The molecule has 0 radical (unpaired) electrons. The molecule has 0 bridgehead atoms. The molecule has 1 unspecified atom stereocenters. The molecule has 1 fully saturated rings. The first kappa shape index (κ1) is 16.4. The van der Waals surface area contributed by atoms with E-state index < -0.39 is 0 Å². The third-order valence-electron chi connectivity index (χ3n) is 4.65. The van der Waals surface area contributed by atoms with Gasteiger partial charge >= 0.3 is 5.69 Å². The van der Waals surface area contributed by atoms with E-state index in [0.29, 0.717) is 18.2 Å².